The van der Waals surface area contributed by atoms with Crippen LogP contribution in [0.25, 0.3) is 0 Å². The molecule has 0 fully saturated rings. The van der Waals surface area contributed by atoms with Gasteiger partial charge in [0.15, 0.2) is 11.5 Å². The van der Waals surface area contributed by atoms with Crippen molar-refractivity contribution in [3.8, 4) is 11.5 Å². The van der Waals surface area contributed by atoms with Crippen LogP contribution in [0.5, 0.6) is 11.5 Å². The van der Waals surface area contributed by atoms with Crippen LogP contribution in [0.15, 0.2) is 24.3 Å². The molecule has 0 bridgehead atoms. The Bertz CT molecular complexity index is 896. The van der Waals surface area contributed by atoms with Gasteiger partial charge in [-0.2, -0.15) is 0 Å². The van der Waals surface area contributed by atoms with Gasteiger partial charge in [0.25, 0.3) is 0 Å². The molecule has 0 radical (unpaired) electrons. The second-order valence-corrected chi connectivity index (χ2v) is 8.65. The summed E-state index contributed by atoms with van der Waals surface area (Å²) in [6, 6.07) is 6.20. The normalized spacial score (nSPS) is 11.0. The highest BCUT2D eigenvalue weighted by Gasteiger charge is 2.22. The van der Waals surface area contributed by atoms with Gasteiger partial charge in [-0.1, -0.05) is 57.1 Å². The number of hydrogen-bond acceptors (Lipinski definition) is 6. The molecule has 0 aliphatic heterocycles. The number of aromatic hydroxyl groups is 2. The van der Waals surface area contributed by atoms with Gasteiger partial charge in [-0.3, -0.25) is 20.2 Å². The Morgan fingerprint density at radius 2 is 0.909 bits per heavy atom. The minimum atomic E-state index is -0.502. The number of phenolic OH excluding ortho intramolecular Hbond substituents is 2. The molecule has 2 aromatic carbocycles. The monoisotopic (exact) mass is 458 g/mol. The van der Waals surface area contributed by atoms with Crippen molar-refractivity contribution in [3.63, 3.8) is 0 Å². The van der Waals surface area contributed by atoms with Gasteiger partial charge in [0.2, 0.25) is 0 Å². The molecule has 33 heavy (non-hydrogen) atoms. The molecule has 0 heterocycles. The zero-order valence-electron chi connectivity index (χ0n) is 19.5. The molecule has 0 aliphatic rings. The van der Waals surface area contributed by atoms with Crippen LogP contribution in [0.1, 0.15) is 80.0 Å². The Morgan fingerprint density at radius 1 is 0.606 bits per heavy atom. The second-order valence-electron chi connectivity index (χ2n) is 8.65. The highest BCUT2D eigenvalue weighted by molar-refractivity contribution is 5.56. The fraction of sp³-hybridized carbons (Fsp3) is 0.520. The van der Waals surface area contributed by atoms with Crippen LogP contribution in [0, 0.1) is 34.1 Å². The van der Waals surface area contributed by atoms with E-state index in [2.05, 4.69) is 0 Å². The number of nitro groups is 2. The molecule has 8 heteroatoms. The predicted molar refractivity (Wildman–Crippen MR) is 128 cm³/mol. The van der Waals surface area contributed by atoms with Crippen LogP contribution in [-0.2, 0) is 12.8 Å². The van der Waals surface area contributed by atoms with E-state index in [0.717, 1.165) is 68.9 Å². The molecular formula is C25H34N2O6. The van der Waals surface area contributed by atoms with Gasteiger partial charge in [-0.05, 0) is 62.8 Å². The molecular weight excluding hydrogens is 424 g/mol. The van der Waals surface area contributed by atoms with Crippen LogP contribution in [-0.4, -0.2) is 20.1 Å². The molecule has 0 spiro atoms. The van der Waals surface area contributed by atoms with E-state index < -0.39 is 9.85 Å². The Labute approximate surface area is 194 Å². The van der Waals surface area contributed by atoms with Crippen molar-refractivity contribution in [3.05, 3.63) is 66.7 Å². The number of phenols is 2. The van der Waals surface area contributed by atoms with E-state index in [4.69, 9.17) is 0 Å². The lowest BCUT2D eigenvalue weighted by atomic mass is 9.98. The van der Waals surface area contributed by atoms with Gasteiger partial charge in [0.05, 0.1) is 9.85 Å². The molecule has 0 aliphatic carbocycles. The first-order valence-electron chi connectivity index (χ1n) is 11.7. The molecule has 0 saturated heterocycles. The molecule has 0 amide bonds. The van der Waals surface area contributed by atoms with E-state index in [-0.39, 0.29) is 22.9 Å². The maximum Gasteiger partial charge on any atom is 0.314 e. The molecule has 2 rings (SSSR count). The molecule has 0 unspecified atom stereocenters. The number of aryl methyl sites for hydroxylation is 2. The van der Waals surface area contributed by atoms with Gasteiger partial charge in [0.1, 0.15) is 0 Å². The average Bonchev–Trinajstić information content (AvgIpc) is 2.75. The Balaban J connectivity index is 1.61. The number of unbranched alkanes of at least 4 members (excludes halogenated alkanes) is 8. The summed E-state index contributed by atoms with van der Waals surface area (Å²) in [7, 11) is 0. The molecule has 2 aromatic rings. The van der Waals surface area contributed by atoms with Gasteiger partial charge in [-0.15, -0.1) is 0 Å². The average molecular weight is 459 g/mol. The van der Waals surface area contributed by atoms with E-state index in [0.29, 0.717) is 24.0 Å². The van der Waals surface area contributed by atoms with Gasteiger partial charge in [0, 0.05) is 11.1 Å². The van der Waals surface area contributed by atoms with Gasteiger partial charge in [-0.25, -0.2) is 0 Å². The standard InChI is InChI=1S/C25H34N2O6/c1-18-14-16-22(28)24(26(30)31)20(18)12-10-8-6-4-3-5-7-9-11-13-21-19(2)15-17-23(29)25(21)27(32)33/h14-17,28-29H,3-13H2,1-2H3. The van der Waals surface area contributed by atoms with Crippen LogP contribution in [0.2, 0.25) is 0 Å². The van der Waals surface area contributed by atoms with Crippen molar-refractivity contribution >= 4 is 11.4 Å². The topological polar surface area (TPSA) is 127 Å². The van der Waals surface area contributed by atoms with Crippen molar-refractivity contribution in [1.29, 1.82) is 0 Å². The zero-order valence-corrected chi connectivity index (χ0v) is 19.5. The molecule has 8 nitrogen and oxygen atoms in total. The number of nitro benzene ring substituents is 2. The van der Waals surface area contributed by atoms with Crippen LogP contribution in [0.3, 0.4) is 0 Å². The third-order valence-electron chi connectivity index (χ3n) is 6.21. The SMILES string of the molecule is Cc1ccc(O)c([N+](=O)[O-])c1CCCCCCCCCCCc1c(C)ccc(O)c1[N+](=O)[O-]. The lowest BCUT2D eigenvalue weighted by Gasteiger charge is -2.09. The van der Waals surface area contributed by atoms with Gasteiger partial charge < -0.3 is 10.2 Å². The highest BCUT2D eigenvalue weighted by Crippen LogP contribution is 2.34. The molecule has 0 saturated carbocycles. The van der Waals surface area contributed by atoms with E-state index in [1.807, 2.05) is 13.8 Å². The first-order valence-corrected chi connectivity index (χ1v) is 11.7. The minimum absolute atomic E-state index is 0.166. The molecule has 180 valence electrons. The first kappa shape index (κ1) is 26.1. The smallest absolute Gasteiger partial charge is 0.314 e. The number of benzene rings is 2. The third-order valence-corrected chi connectivity index (χ3v) is 6.21. The fourth-order valence-electron chi connectivity index (χ4n) is 4.33. The Morgan fingerprint density at radius 3 is 1.21 bits per heavy atom. The van der Waals surface area contributed by atoms with Gasteiger partial charge >= 0.3 is 11.4 Å². The van der Waals surface area contributed by atoms with E-state index in [1.54, 1.807) is 12.1 Å². The summed E-state index contributed by atoms with van der Waals surface area (Å²) in [5.74, 6) is -0.538. The van der Waals surface area contributed by atoms with Crippen molar-refractivity contribution in [2.45, 2.75) is 84.5 Å². The third kappa shape index (κ3) is 7.44. The van der Waals surface area contributed by atoms with E-state index in [9.17, 15) is 30.4 Å². The number of nitrogens with zero attached hydrogens (tertiary/aromatic N) is 2. The summed E-state index contributed by atoms with van der Waals surface area (Å²) in [6.07, 6.45) is 10.4. The highest BCUT2D eigenvalue weighted by atomic mass is 16.6. The summed E-state index contributed by atoms with van der Waals surface area (Å²) in [4.78, 5) is 21.5. The van der Waals surface area contributed by atoms with Crippen molar-refractivity contribution in [2.24, 2.45) is 0 Å². The summed E-state index contributed by atoms with van der Waals surface area (Å²) in [5.41, 5.74) is 2.60. The summed E-state index contributed by atoms with van der Waals surface area (Å²) in [6.45, 7) is 3.67. The summed E-state index contributed by atoms with van der Waals surface area (Å²) < 4.78 is 0. The van der Waals surface area contributed by atoms with Crippen LogP contribution >= 0.6 is 0 Å². The van der Waals surface area contributed by atoms with Crippen molar-refractivity contribution in [1.82, 2.24) is 0 Å². The number of hydrogen-bond donors (Lipinski definition) is 2. The summed E-state index contributed by atoms with van der Waals surface area (Å²) in [5, 5.41) is 42.1. The maximum absolute atomic E-state index is 11.2. The van der Waals surface area contributed by atoms with Crippen molar-refractivity contribution in [2.75, 3.05) is 0 Å². The minimum Gasteiger partial charge on any atom is -0.502 e. The predicted octanol–water partition coefficient (Wildman–Crippen LogP) is 6.83. The van der Waals surface area contributed by atoms with E-state index in [1.165, 1.54) is 12.1 Å². The number of rotatable bonds is 14. The van der Waals surface area contributed by atoms with Crippen LogP contribution in [0.4, 0.5) is 11.4 Å². The zero-order chi connectivity index (χ0) is 24.4. The maximum atomic E-state index is 11.2. The molecule has 2 N–H and O–H groups in total. The second kappa shape index (κ2) is 12.8. The lowest BCUT2D eigenvalue weighted by molar-refractivity contribution is -0.386. The lowest BCUT2D eigenvalue weighted by Crippen LogP contribution is -1.99. The first-order chi connectivity index (χ1) is 15.7. The van der Waals surface area contributed by atoms with Crippen molar-refractivity contribution < 1.29 is 20.1 Å². The summed E-state index contributed by atoms with van der Waals surface area (Å²) >= 11 is 0. The largest absolute Gasteiger partial charge is 0.502 e. The van der Waals surface area contributed by atoms with Crippen LogP contribution < -0.4 is 0 Å². The quantitative estimate of drug-likeness (QED) is 0.181. The molecule has 0 aromatic heterocycles. The Kier molecular flexibility index (Phi) is 10.1. The Hall–Kier alpha value is -3.16. The van der Waals surface area contributed by atoms with E-state index >= 15 is 0 Å². The fourth-order valence-corrected chi connectivity index (χ4v) is 4.33. The molecule has 0 atom stereocenters.